The quantitative estimate of drug-likeness (QED) is 0.851. The third-order valence-electron chi connectivity index (χ3n) is 3.11. The first-order valence-electron chi connectivity index (χ1n) is 6.73. The Kier molecular flexibility index (Phi) is 6.11. The van der Waals surface area contributed by atoms with Crippen LogP contribution in [0.1, 0.15) is 19.8 Å². The van der Waals surface area contributed by atoms with Crippen LogP contribution in [-0.2, 0) is 14.8 Å². The molecule has 1 N–H and O–H groups in total. The molecule has 0 bridgehead atoms. The third-order valence-corrected chi connectivity index (χ3v) is 4.91. The molecule has 10 heteroatoms. The highest BCUT2D eigenvalue weighted by Crippen LogP contribution is 2.27. The van der Waals surface area contributed by atoms with Crippen molar-refractivity contribution in [2.75, 3.05) is 19.4 Å². The predicted octanol–water partition coefficient (Wildman–Crippen LogP) is 2.25. The van der Waals surface area contributed by atoms with E-state index >= 15 is 0 Å². The molecule has 23 heavy (non-hydrogen) atoms. The number of nitrogens with zero attached hydrogens (tertiary/aromatic N) is 2. The van der Waals surface area contributed by atoms with E-state index in [4.69, 9.17) is 0 Å². The maximum Gasteiger partial charge on any atom is 0.389 e. The van der Waals surface area contributed by atoms with Crippen molar-refractivity contribution in [3.05, 3.63) is 18.3 Å². The van der Waals surface area contributed by atoms with Crippen molar-refractivity contribution in [1.82, 2.24) is 9.29 Å². The van der Waals surface area contributed by atoms with Gasteiger partial charge in [0, 0.05) is 26.2 Å². The molecule has 0 radical (unpaired) electrons. The molecule has 1 atom stereocenters. The molecule has 1 heterocycles. The van der Waals surface area contributed by atoms with Crippen LogP contribution in [0.4, 0.5) is 19.0 Å². The number of sulfonamides is 1. The standard InChI is InChI=1S/C13H18F3N3O3S/c1-4-9(7-13(14,15)16)12(20)18-11-6-5-10(8-17-11)23(21,22)19(2)3/h5-6,8-9H,4,7H2,1-3H3,(H,17,18,20). The van der Waals surface area contributed by atoms with Gasteiger partial charge in [-0.15, -0.1) is 0 Å². The second kappa shape index (κ2) is 7.26. The molecule has 0 spiro atoms. The fraction of sp³-hybridized carbons (Fsp3) is 0.538. The second-order valence-corrected chi connectivity index (χ2v) is 7.23. The summed E-state index contributed by atoms with van der Waals surface area (Å²) in [5.41, 5.74) is 0. The highest BCUT2D eigenvalue weighted by Gasteiger charge is 2.34. The average molecular weight is 353 g/mol. The van der Waals surface area contributed by atoms with Crippen molar-refractivity contribution in [2.45, 2.75) is 30.8 Å². The number of carbonyl (C=O) groups excluding carboxylic acids is 1. The molecule has 0 aliphatic rings. The van der Waals surface area contributed by atoms with E-state index in [0.717, 1.165) is 10.5 Å². The first kappa shape index (κ1) is 19.4. The van der Waals surface area contributed by atoms with Crippen molar-refractivity contribution in [3.63, 3.8) is 0 Å². The van der Waals surface area contributed by atoms with Gasteiger partial charge >= 0.3 is 6.18 Å². The molecule has 1 unspecified atom stereocenters. The summed E-state index contributed by atoms with van der Waals surface area (Å²) in [4.78, 5) is 15.5. The number of halogens is 3. The number of nitrogens with one attached hydrogen (secondary N) is 1. The SMILES string of the molecule is CCC(CC(F)(F)F)C(=O)Nc1ccc(S(=O)(=O)N(C)C)cn1. The van der Waals surface area contributed by atoms with Gasteiger partial charge in [-0.25, -0.2) is 17.7 Å². The lowest BCUT2D eigenvalue weighted by Crippen LogP contribution is -2.27. The number of rotatable bonds is 6. The highest BCUT2D eigenvalue weighted by atomic mass is 32.2. The number of hydrogen-bond donors (Lipinski definition) is 1. The molecule has 0 aromatic carbocycles. The topological polar surface area (TPSA) is 79.4 Å². The third kappa shape index (κ3) is 5.47. The highest BCUT2D eigenvalue weighted by molar-refractivity contribution is 7.89. The van der Waals surface area contributed by atoms with Gasteiger partial charge in [-0.3, -0.25) is 4.79 Å². The second-order valence-electron chi connectivity index (χ2n) is 5.08. The summed E-state index contributed by atoms with van der Waals surface area (Å²) in [5, 5.41) is 2.26. The molecule has 130 valence electrons. The van der Waals surface area contributed by atoms with Crippen LogP contribution in [0.25, 0.3) is 0 Å². The van der Waals surface area contributed by atoms with Crippen LogP contribution in [0.2, 0.25) is 0 Å². The lowest BCUT2D eigenvalue weighted by atomic mass is 10.0. The fourth-order valence-corrected chi connectivity index (χ4v) is 2.60. The van der Waals surface area contributed by atoms with E-state index in [0.29, 0.717) is 0 Å². The van der Waals surface area contributed by atoms with E-state index in [1.54, 1.807) is 0 Å². The Hall–Kier alpha value is -1.68. The van der Waals surface area contributed by atoms with E-state index in [2.05, 4.69) is 10.3 Å². The minimum Gasteiger partial charge on any atom is -0.310 e. The molecule has 1 amide bonds. The van der Waals surface area contributed by atoms with Gasteiger partial charge in [-0.1, -0.05) is 6.92 Å². The van der Waals surface area contributed by atoms with Crippen molar-refractivity contribution >= 4 is 21.7 Å². The molecule has 1 aromatic rings. The molecule has 0 saturated heterocycles. The average Bonchev–Trinajstić information content (AvgIpc) is 2.44. The predicted molar refractivity (Wildman–Crippen MR) is 78.2 cm³/mol. The maximum absolute atomic E-state index is 12.4. The lowest BCUT2D eigenvalue weighted by molar-refractivity contribution is -0.152. The molecule has 1 rings (SSSR count). The van der Waals surface area contributed by atoms with E-state index in [1.807, 2.05) is 0 Å². The summed E-state index contributed by atoms with van der Waals surface area (Å²) in [6, 6.07) is 2.46. The molecule has 6 nitrogen and oxygen atoms in total. The molecule has 1 aromatic heterocycles. The van der Waals surface area contributed by atoms with Crippen molar-refractivity contribution in [1.29, 1.82) is 0 Å². The Labute approximate surface area is 132 Å². The number of hydrogen-bond acceptors (Lipinski definition) is 4. The van der Waals surface area contributed by atoms with E-state index in [1.165, 1.54) is 33.2 Å². The first-order valence-corrected chi connectivity index (χ1v) is 8.17. The summed E-state index contributed by atoms with van der Waals surface area (Å²) in [7, 11) is -0.947. The van der Waals surface area contributed by atoms with Crippen LogP contribution in [-0.4, -0.2) is 43.9 Å². The smallest absolute Gasteiger partial charge is 0.310 e. The van der Waals surface area contributed by atoms with Crippen LogP contribution in [0.5, 0.6) is 0 Å². The van der Waals surface area contributed by atoms with E-state index in [9.17, 15) is 26.4 Å². The van der Waals surface area contributed by atoms with Crippen LogP contribution < -0.4 is 5.32 Å². The molecular formula is C13H18F3N3O3S. The summed E-state index contributed by atoms with van der Waals surface area (Å²) < 4.78 is 61.9. The Morgan fingerprint density at radius 3 is 2.35 bits per heavy atom. The van der Waals surface area contributed by atoms with Crippen LogP contribution in [0.3, 0.4) is 0 Å². The zero-order valence-corrected chi connectivity index (χ0v) is 13.7. The summed E-state index contributed by atoms with van der Waals surface area (Å²) in [6.45, 7) is 1.48. The normalized spacial score (nSPS) is 13.9. The van der Waals surface area contributed by atoms with Gasteiger partial charge in [-0.05, 0) is 18.6 Å². The molecule has 0 aliphatic heterocycles. The first-order chi connectivity index (χ1) is 10.5. The van der Waals surface area contributed by atoms with Gasteiger partial charge < -0.3 is 5.32 Å². The molecule has 0 aliphatic carbocycles. The Morgan fingerprint density at radius 1 is 1.35 bits per heavy atom. The monoisotopic (exact) mass is 353 g/mol. The minimum absolute atomic E-state index is 0.00618. The van der Waals surface area contributed by atoms with Crippen LogP contribution in [0, 0.1) is 5.92 Å². The molecular weight excluding hydrogens is 335 g/mol. The number of amides is 1. The van der Waals surface area contributed by atoms with Crippen molar-refractivity contribution in [2.24, 2.45) is 5.92 Å². The maximum atomic E-state index is 12.4. The Balaban J connectivity index is 2.84. The zero-order chi connectivity index (χ0) is 17.8. The minimum atomic E-state index is -4.44. The summed E-state index contributed by atoms with van der Waals surface area (Å²) >= 11 is 0. The number of alkyl halides is 3. The van der Waals surface area contributed by atoms with E-state index < -0.39 is 34.4 Å². The molecule has 0 saturated carbocycles. The Bertz CT molecular complexity index is 643. The number of aromatic nitrogens is 1. The molecule has 0 fully saturated rings. The number of pyridine rings is 1. The summed E-state index contributed by atoms with van der Waals surface area (Å²) in [5.74, 6) is -2.03. The lowest BCUT2D eigenvalue weighted by Gasteiger charge is -2.16. The largest absolute Gasteiger partial charge is 0.389 e. The number of anilines is 1. The van der Waals surface area contributed by atoms with Gasteiger partial charge in [0.15, 0.2) is 0 Å². The Morgan fingerprint density at radius 2 is 1.96 bits per heavy atom. The van der Waals surface area contributed by atoms with Gasteiger partial charge in [0.05, 0.1) is 6.42 Å². The van der Waals surface area contributed by atoms with Gasteiger partial charge in [-0.2, -0.15) is 13.2 Å². The summed E-state index contributed by atoms with van der Waals surface area (Å²) in [6.07, 6.45) is -4.59. The van der Waals surface area contributed by atoms with Crippen molar-refractivity contribution < 1.29 is 26.4 Å². The zero-order valence-electron chi connectivity index (χ0n) is 12.9. The van der Waals surface area contributed by atoms with Crippen LogP contribution >= 0.6 is 0 Å². The van der Waals surface area contributed by atoms with Gasteiger partial charge in [0.25, 0.3) is 0 Å². The van der Waals surface area contributed by atoms with Gasteiger partial charge in [0.1, 0.15) is 10.7 Å². The fourth-order valence-electron chi connectivity index (χ4n) is 1.75. The van der Waals surface area contributed by atoms with Gasteiger partial charge in [0.2, 0.25) is 15.9 Å². The van der Waals surface area contributed by atoms with Crippen molar-refractivity contribution in [3.8, 4) is 0 Å². The van der Waals surface area contributed by atoms with E-state index in [-0.39, 0.29) is 17.1 Å². The van der Waals surface area contributed by atoms with Crippen LogP contribution in [0.15, 0.2) is 23.2 Å². The number of carbonyl (C=O) groups is 1.